The number of carboxylic acid groups (broad SMARTS) is 1. The maximum absolute atomic E-state index is 12.1. The third-order valence-corrected chi connectivity index (χ3v) is 4.15. The van der Waals surface area contributed by atoms with Crippen LogP contribution in [0.1, 0.15) is 12.8 Å². The Bertz CT molecular complexity index is 332. The number of carboxylic acids is 1. The van der Waals surface area contributed by atoms with E-state index < -0.39 is 5.97 Å². The van der Waals surface area contributed by atoms with Crippen molar-refractivity contribution in [2.45, 2.75) is 12.8 Å². The van der Waals surface area contributed by atoms with E-state index in [2.05, 4.69) is 16.8 Å². The number of carbonyl (C=O) groups excluding carboxylic acids is 1. The molecule has 1 amide bonds. The zero-order valence-electron chi connectivity index (χ0n) is 11.5. The lowest BCUT2D eigenvalue weighted by atomic mass is 9.97. The van der Waals surface area contributed by atoms with Gasteiger partial charge in [0, 0.05) is 26.2 Å². The Hall–Kier alpha value is -1.14. The van der Waals surface area contributed by atoms with E-state index in [-0.39, 0.29) is 11.8 Å². The number of likely N-dealkylation sites (N-methyl/N-ethyl adjacent to an activating group) is 1. The lowest BCUT2D eigenvalue weighted by Gasteiger charge is -2.35. The summed E-state index contributed by atoms with van der Waals surface area (Å²) in [6.07, 6.45) is 1.32. The van der Waals surface area contributed by atoms with Crippen molar-refractivity contribution in [3.05, 3.63) is 0 Å². The lowest BCUT2D eigenvalue weighted by Crippen LogP contribution is -2.51. The van der Waals surface area contributed by atoms with E-state index in [1.54, 1.807) is 0 Å². The van der Waals surface area contributed by atoms with Crippen molar-refractivity contribution < 1.29 is 14.7 Å². The van der Waals surface area contributed by atoms with E-state index in [0.717, 1.165) is 39.3 Å². The van der Waals surface area contributed by atoms with Crippen LogP contribution >= 0.6 is 0 Å². The second kappa shape index (κ2) is 6.34. The minimum atomic E-state index is -0.704. The van der Waals surface area contributed by atoms with Gasteiger partial charge in [0.05, 0.1) is 12.5 Å². The summed E-state index contributed by atoms with van der Waals surface area (Å²) in [4.78, 5) is 29.2. The predicted octanol–water partition coefficient (Wildman–Crippen LogP) is -0.443. The number of nitrogens with zero attached hydrogens (tertiary/aromatic N) is 3. The van der Waals surface area contributed by atoms with Crippen LogP contribution < -0.4 is 0 Å². The second-order valence-electron chi connectivity index (χ2n) is 5.57. The number of piperidine rings is 1. The average molecular weight is 269 g/mol. The Labute approximate surface area is 114 Å². The molecule has 1 N–H and O–H groups in total. The lowest BCUT2D eigenvalue weighted by molar-refractivity contribution is -0.143. The molecule has 0 unspecified atom stereocenters. The van der Waals surface area contributed by atoms with Crippen molar-refractivity contribution in [1.82, 2.24) is 14.7 Å². The van der Waals surface area contributed by atoms with Crippen molar-refractivity contribution in [2.24, 2.45) is 5.92 Å². The van der Waals surface area contributed by atoms with Gasteiger partial charge in [-0.3, -0.25) is 14.5 Å². The van der Waals surface area contributed by atoms with Crippen LogP contribution in [-0.4, -0.2) is 84.5 Å². The van der Waals surface area contributed by atoms with Gasteiger partial charge in [0.2, 0.25) is 5.91 Å². The van der Waals surface area contributed by atoms with Crippen molar-refractivity contribution in [3.63, 3.8) is 0 Å². The van der Waals surface area contributed by atoms with Crippen LogP contribution in [0.15, 0.2) is 0 Å². The van der Waals surface area contributed by atoms with Crippen LogP contribution in [0.25, 0.3) is 0 Å². The number of likely N-dealkylation sites (tertiary alicyclic amines) is 1. The van der Waals surface area contributed by atoms with E-state index in [0.29, 0.717) is 19.4 Å². The number of aliphatic carboxylic acids is 1. The van der Waals surface area contributed by atoms with Gasteiger partial charge in [-0.1, -0.05) is 0 Å². The van der Waals surface area contributed by atoms with E-state index in [4.69, 9.17) is 5.11 Å². The molecule has 0 aromatic carbocycles. The standard InChI is InChI=1S/C13H23N3O3/c1-14-6-8-16(9-7-14)12(17)10-15-4-2-11(3-5-15)13(18)19/h11H,2-10H2,1H3,(H,18,19). The smallest absolute Gasteiger partial charge is 0.306 e. The van der Waals surface area contributed by atoms with Gasteiger partial charge in [0.15, 0.2) is 0 Å². The van der Waals surface area contributed by atoms with Gasteiger partial charge in [-0.05, 0) is 33.0 Å². The number of hydrogen-bond donors (Lipinski definition) is 1. The van der Waals surface area contributed by atoms with Crippen molar-refractivity contribution in [2.75, 3.05) is 52.9 Å². The minimum Gasteiger partial charge on any atom is -0.481 e. The minimum absolute atomic E-state index is 0.182. The Morgan fingerprint density at radius 1 is 1.05 bits per heavy atom. The summed E-state index contributed by atoms with van der Waals surface area (Å²) in [5, 5.41) is 8.94. The third-order valence-electron chi connectivity index (χ3n) is 4.15. The summed E-state index contributed by atoms with van der Waals surface area (Å²) in [5.41, 5.74) is 0. The molecule has 0 atom stereocenters. The molecule has 19 heavy (non-hydrogen) atoms. The van der Waals surface area contributed by atoms with Crippen LogP contribution in [0, 0.1) is 5.92 Å². The third kappa shape index (κ3) is 3.91. The largest absolute Gasteiger partial charge is 0.481 e. The maximum atomic E-state index is 12.1. The second-order valence-corrected chi connectivity index (χ2v) is 5.57. The van der Waals surface area contributed by atoms with Crippen LogP contribution in [0.3, 0.4) is 0 Å². The van der Waals surface area contributed by atoms with Crippen LogP contribution in [0.2, 0.25) is 0 Å². The molecule has 6 nitrogen and oxygen atoms in total. The Balaban J connectivity index is 1.73. The molecule has 0 aromatic rings. The first-order chi connectivity index (χ1) is 9.06. The van der Waals surface area contributed by atoms with E-state index in [1.165, 1.54) is 0 Å². The summed E-state index contributed by atoms with van der Waals surface area (Å²) < 4.78 is 0. The number of rotatable bonds is 3. The van der Waals surface area contributed by atoms with Gasteiger partial charge < -0.3 is 14.9 Å². The van der Waals surface area contributed by atoms with Crippen molar-refractivity contribution in [1.29, 1.82) is 0 Å². The highest BCUT2D eigenvalue weighted by Crippen LogP contribution is 2.17. The van der Waals surface area contributed by atoms with E-state index in [9.17, 15) is 9.59 Å². The zero-order valence-corrected chi connectivity index (χ0v) is 11.5. The van der Waals surface area contributed by atoms with E-state index in [1.807, 2.05) is 4.90 Å². The fourth-order valence-corrected chi connectivity index (χ4v) is 2.69. The summed E-state index contributed by atoms with van der Waals surface area (Å²) in [6.45, 7) is 5.37. The molecule has 0 bridgehead atoms. The van der Waals surface area contributed by atoms with Crippen molar-refractivity contribution in [3.8, 4) is 0 Å². The fraction of sp³-hybridized carbons (Fsp3) is 0.846. The summed E-state index contributed by atoms with van der Waals surface area (Å²) >= 11 is 0. The average Bonchev–Trinajstić information content (AvgIpc) is 2.40. The normalized spacial score (nSPS) is 23.5. The predicted molar refractivity (Wildman–Crippen MR) is 70.9 cm³/mol. The van der Waals surface area contributed by atoms with Crippen LogP contribution in [-0.2, 0) is 9.59 Å². The summed E-state index contributed by atoms with van der Waals surface area (Å²) in [7, 11) is 2.07. The molecule has 0 aliphatic carbocycles. The number of carbonyl (C=O) groups is 2. The first kappa shape index (κ1) is 14.3. The number of piperazine rings is 1. The van der Waals surface area contributed by atoms with Gasteiger partial charge in [-0.25, -0.2) is 0 Å². The molecule has 2 aliphatic heterocycles. The topological polar surface area (TPSA) is 64.1 Å². The molecular formula is C13H23N3O3. The van der Waals surface area contributed by atoms with Gasteiger partial charge in [0.1, 0.15) is 0 Å². The Kier molecular flexibility index (Phi) is 4.76. The van der Waals surface area contributed by atoms with Gasteiger partial charge in [0.25, 0.3) is 0 Å². The zero-order chi connectivity index (χ0) is 13.8. The maximum Gasteiger partial charge on any atom is 0.306 e. The first-order valence-corrected chi connectivity index (χ1v) is 6.97. The van der Waals surface area contributed by atoms with Gasteiger partial charge in [-0.15, -0.1) is 0 Å². The molecular weight excluding hydrogens is 246 g/mol. The molecule has 2 rings (SSSR count). The molecule has 0 radical (unpaired) electrons. The molecule has 0 aromatic heterocycles. The highest BCUT2D eigenvalue weighted by atomic mass is 16.4. The van der Waals surface area contributed by atoms with Crippen LogP contribution in [0.4, 0.5) is 0 Å². The summed E-state index contributed by atoms with van der Waals surface area (Å²) in [6, 6.07) is 0. The molecule has 0 saturated carbocycles. The number of amides is 1. The SMILES string of the molecule is CN1CCN(C(=O)CN2CCC(C(=O)O)CC2)CC1. The Morgan fingerprint density at radius 2 is 1.63 bits per heavy atom. The first-order valence-electron chi connectivity index (χ1n) is 6.97. The highest BCUT2D eigenvalue weighted by molar-refractivity contribution is 5.78. The molecule has 108 valence electrons. The molecule has 2 heterocycles. The van der Waals surface area contributed by atoms with Gasteiger partial charge >= 0.3 is 5.97 Å². The van der Waals surface area contributed by atoms with Gasteiger partial charge in [-0.2, -0.15) is 0 Å². The summed E-state index contributed by atoms with van der Waals surface area (Å²) in [5.74, 6) is -0.748. The molecule has 2 fully saturated rings. The molecule has 2 aliphatic rings. The molecule has 0 spiro atoms. The number of hydrogen-bond acceptors (Lipinski definition) is 4. The Morgan fingerprint density at radius 3 is 2.16 bits per heavy atom. The molecule has 6 heteroatoms. The quantitative estimate of drug-likeness (QED) is 0.752. The van der Waals surface area contributed by atoms with E-state index >= 15 is 0 Å². The highest BCUT2D eigenvalue weighted by Gasteiger charge is 2.27. The van der Waals surface area contributed by atoms with Crippen molar-refractivity contribution >= 4 is 11.9 Å². The fourth-order valence-electron chi connectivity index (χ4n) is 2.69. The van der Waals surface area contributed by atoms with Crippen LogP contribution in [0.5, 0.6) is 0 Å². The molecule has 2 saturated heterocycles. The monoisotopic (exact) mass is 269 g/mol.